The number of rotatable bonds is 3. The number of hydrogen-bond donors (Lipinski definition) is 3. The van der Waals surface area contributed by atoms with Crippen molar-refractivity contribution in [2.75, 3.05) is 6.61 Å². The molecule has 2 aromatic rings. The van der Waals surface area contributed by atoms with Crippen LogP contribution in [0.15, 0.2) is 22.7 Å². The zero-order valence-electron chi connectivity index (χ0n) is 12.0. The molecule has 3 N–H and O–H groups in total. The van der Waals surface area contributed by atoms with Crippen LogP contribution in [0.5, 0.6) is 0 Å². The number of aryl methyl sites for hydroxylation is 2. The number of H-pyrrole nitrogens is 2. The monoisotopic (exact) mass is 356 g/mol. The lowest BCUT2D eigenvalue weighted by Crippen LogP contribution is -2.04. The number of hydrogen-bond acceptors (Lipinski definition) is 3. The Labute approximate surface area is 130 Å². The van der Waals surface area contributed by atoms with Crippen molar-refractivity contribution in [2.24, 2.45) is 0 Å². The minimum absolute atomic E-state index is 0.243. The Hall–Kier alpha value is -2.02. The van der Waals surface area contributed by atoms with E-state index in [1.54, 1.807) is 19.1 Å². The van der Waals surface area contributed by atoms with Crippen molar-refractivity contribution in [1.29, 1.82) is 0 Å². The van der Waals surface area contributed by atoms with E-state index >= 15 is 0 Å². The van der Waals surface area contributed by atoms with E-state index in [4.69, 9.17) is 9.84 Å². The predicted octanol–water partition coefficient (Wildman–Crippen LogP) is 3.28. The summed E-state index contributed by atoms with van der Waals surface area (Å²) in [4.78, 5) is 26.9. The molecule has 0 spiro atoms. The van der Waals surface area contributed by atoms with Crippen LogP contribution in [0, 0.1) is 13.8 Å². The number of nitrogens with one attached hydrogen (secondary N) is 2. The number of carbonyl (C=O) groups excluding carboxylic acids is 1. The van der Waals surface area contributed by atoms with E-state index in [0.29, 0.717) is 12.3 Å². The zero-order chi connectivity index (χ0) is 16.0. The minimum Gasteiger partial charge on any atom is -0.477 e. The number of halogens is 1. The van der Waals surface area contributed by atoms with Crippen LogP contribution >= 0.6 is 15.9 Å². The fourth-order valence-corrected chi connectivity index (χ4v) is 1.81. The molecule has 0 unspecified atom stereocenters. The molecule has 2 rings (SSSR count). The summed E-state index contributed by atoms with van der Waals surface area (Å²) in [6.45, 7) is 5.87. The van der Waals surface area contributed by atoms with Gasteiger partial charge in [-0.25, -0.2) is 9.59 Å². The molecule has 0 radical (unpaired) electrons. The molecule has 21 heavy (non-hydrogen) atoms. The lowest BCUT2D eigenvalue weighted by molar-refractivity contribution is 0.0519. The highest BCUT2D eigenvalue weighted by molar-refractivity contribution is 9.10. The van der Waals surface area contributed by atoms with Crippen LogP contribution < -0.4 is 0 Å². The van der Waals surface area contributed by atoms with E-state index in [2.05, 4.69) is 25.9 Å². The number of aromatic nitrogens is 2. The Kier molecular flexibility index (Phi) is 6.23. The fourth-order valence-electron chi connectivity index (χ4n) is 1.48. The van der Waals surface area contributed by atoms with Crippen LogP contribution in [0.4, 0.5) is 0 Å². The van der Waals surface area contributed by atoms with E-state index in [9.17, 15) is 9.59 Å². The second kappa shape index (κ2) is 7.68. The van der Waals surface area contributed by atoms with Gasteiger partial charge in [0.15, 0.2) is 0 Å². The van der Waals surface area contributed by atoms with Gasteiger partial charge in [0.2, 0.25) is 0 Å². The van der Waals surface area contributed by atoms with Crippen molar-refractivity contribution in [3.05, 3.63) is 45.4 Å². The number of aromatic carboxylic acids is 1. The molecule has 0 fully saturated rings. The second-order valence-electron chi connectivity index (χ2n) is 4.24. The van der Waals surface area contributed by atoms with Crippen molar-refractivity contribution in [1.82, 2.24) is 9.97 Å². The standard InChI is InChI=1S/C8H10BrNO2.C6H7NO2/c1-3-12-8(11)7-4-6(9)5(2)10-7;1-4-2-3-5(7-4)6(8)9/h4,10H,3H2,1-2H3;2-3,7H,1H3,(H,8,9). The highest BCUT2D eigenvalue weighted by atomic mass is 79.9. The third-order valence-electron chi connectivity index (χ3n) is 2.51. The molecular weight excluding hydrogens is 340 g/mol. The molecule has 0 aliphatic heterocycles. The van der Waals surface area contributed by atoms with Gasteiger partial charge in [-0.1, -0.05) is 0 Å². The van der Waals surface area contributed by atoms with Crippen LogP contribution in [0.3, 0.4) is 0 Å². The number of carboxylic acid groups (broad SMARTS) is 1. The van der Waals surface area contributed by atoms with Crippen LogP contribution in [0.1, 0.15) is 39.3 Å². The molecule has 0 amide bonds. The predicted molar refractivity (Wildman–Crippen MR) is 81.7 cm³/mol. The molecule has 0 aliphatic carbocycles. The van der Waals surface area contributed by atoms with Crippen LogP contribution in [-0.2, 0) is 4.74 Å². The molecule has 0 aromatic carbocycles. The van der Waals surface area contributed by atoms with Gasteiger partial charge < -0.3 is 19.8 Å². The van der Waals surface area contributed by atoms with Crippen molar-refractivity contribution in [3.8, 4) is 0 Å². The summed E-state index contributed by atoms with van der Waals surface area (Å²) in [5.74, 6) is -1.23. The Morgan fingerprint density at radius 2 is 1.90 bits per heavy atom. The number of ether oxygens (including phenoxy) is 1. The Bertz CT molecular complexity index is 611. The average Bonchev–Trinajstić information content (AvgIpc) is 2.98. The minimum atomic E-state index is -0.914. The molecule has 0 aliphatic rings. The first-order valence-corrected chi connectivity index (χ1v) is 7.05. The normalized spacial score (nSPS) is 9.71. The number of carboxylic acids is 1. The molecule has 7 heteroatoms. The van der Waals surface area contributed by atoms with Gasteiger partial charge in [-0.2, -0.15) is 0 Å². The van der Waals surface area contributed by atoms with Crippen LogP contribution in [-0.4, -0.2) is 33.6 Å². The summed E-state index contributed by atoms with van der Waals surface area (Å²) in [7, 11) is 0. The molecular formula is C14H17BrN2O4. The third kappa shape index (κ3) is 5.11. The molecule has 2 heterocycles. The molecule has 2 aromatic heterocycles. The van der Waals surface area contributed by atoms with Gasteiger partial charge in [0.05, 0.1) is 6.61 Å². The molecule has 0 bridgehead atoms. The zero-order valence-corrected chi connectivity index (χ0v) is 13.6. The van der Waals surface area contributed by atoms with Gasteiger partial charge in [-0.05, 0) is 54.9 Å². The topological polar surface area (TPSA) is 95.2 Å². The van der Waals surface area contributed by atoms with Crippen LogP contribution in [0.25, 0.3) is 0 Å². The van der Waals surface area contributed by atoms with Gasteiger partial charge in [0.1, 0.15) is 11.4 Å². The van der Waals surface area contributed by atoms with Gasteiger partial charge in [0.25, 0.3) is 0 Å². The molecule has 0 atom stereocenters. The second-order valence-corrected chi connectivity index (χ2v) is 5.09. The fraction of sp³-hybridized carbons (Fsp3) is 0.286. The molecule has 0 saturated heterocycles. The van der Waals surface area contributed by atoms with Gasteiger partial charge in [0, 0.05) is 15.9 Å². The number of carbonyl (C=O) groups is 2. The lowest BCUT2D eigenvalue weighted by atomic mass is 10.4. The Morgan fingerprint density at radius 1 is 1.24 bits per heavy atom. The first-order chi connectivity index (χ1) is 9.85. The van der Waals surface area contributed by atoms with Gasteiger partial charge in [-0.3, -0.25) is 0 Å². The first kappa shape index (κ1) is 17.0. The quantitative estimate of drug-likeness (QED) is 0.735. The van der Waals surface area contributed by atoms with E-state index in [0.717, 1.165) is 15.9 Å². The summed E-state index contributed by atoms with van der Waals surface area (Å²) >= 11 is 3.30. The summed E-state index contributed by atoms with van der Waals surface area (Å²) < 4.78 is 5.70. The van der Waals surface area contributed by atoms with Crippen molar-refractivity contribution in [3.63, 3.8) is 0 Å². The Balaban J connectivity index is 0.000000219. The Morgan fingerprint density at radius 3 is 2.24 bits per heavy atom. The highest BCUT2D eigenvalue weighted by Crippen LogP contribution is 2.17. The SMILES string of the molecule is CCOC(=O)c1cc(Br)c(C)[nH]1.Cc1ccc(C(=O)O)[nH]1. The van der Waals surface area contributed by atoms with Gasteiger partial charge >= 0.3 is 11.9 Å². The number of esters is 1. The summed E-state index contributed by atoms with van der Waals surface area (Å²) in [6, 6.07) is 4.98. The van der Waals surface area contributed by atoms with E-state index in [1.807, 2.05) is 13.8 Å². The average molecular weight is 357 g/mol. The summed E-state index contributed by atoms with van der Waals surface area (Å²) in [5.41, 5.74) is 2.53. The van der Waals surface area contributed by atoms with E-state index in [-0.39, 0.29) is 11.7 Å². The molecule has 6 nitrogen and oxygen atoms in total. The lowest BCUT2D eigenvalue weighted by Gasteiger charge is -1.96. The largest absolute Gasteiger partial charge is 0.477 e. The maximum absolute atomic E-state index is 11.1. The summed E-state index contributed by atoms with van der Waals surface area (Å²) in [6.07, 6.45) is 0. The maximum atomic E-state index is 11.1. The molecule has 0 saturated carbocycles. The summed E-state index contributed by atoms with van der Waals surface area (Å²) in [5, 5.41) is 8.37. The smallest absolute Gasteiger partial charge is 0.354 e. The third-order valence-corrected chi connectivity index (χ3v) is 3.33. The van der Waals surface area contributed by atoms with Crippen molar-refractivity contribution >= 4 is 27.9 Å². The number of aromatic amines is 2. The van der Waals surface area contributed by atoms with E-state index in [1.165, 1.54) is 6.07 Å². The van der Waals surface area contributed by atoms with Crippen LogP contribution in [0.2, 0.25) is 0 Å². The van der Waals surface area contributed by atoms with Gasteiger partial charge in [-0.15, -0.1) is 0 Å². The maximum Gasteiger partial charge on any atom is 0.354 e. The van der Waals surface area contributed by atoms with Crippen molar-refractivity contribution < 1.29 is 19.4 Å². The van der Waals surface area contributed by atoms with E-state index < -0.39 is 5.97 Å². The van der Waals surface area contributed by atoms with Crippen molar-refractivity contribution in [2.45, 2.75) is 20.8 Å². The first-order valence-electron chi connectivity index (χ1n) is 6.26. The molecule has 114 valence electrons. The highest BCUT2D eigenvalue weighted by Gasteiger charge is 2.10.